The molecule has 1 aliphatic carbocycles. The number of esters is 1. The summed E-state index contributed by atoms with van der Waals surface area (Å²) < 4.78 is 10.4. The average Bonchev–Trinajstić information content (AvgIpc) is 3.56. The number of piperidine rings is 1. The van der Waals surface area contributed by atoms with Crippen molar-refractivity contribution >= 4 is 17.8 Å². The number of carbonyl (C=O) groups excluding carboxylic acids is 3. The summed E-state index contributed by atoms with van der Waals surface area (Å²) in [6.07, 6.45) is 2.68. The summed E-state index contributed by atoms with van der Waals surface area (Å²) in [7, 11) is 0. The highest BCUT2D eigenvalue weighted by Gasteiger charge is 2.37. The molecule has 1 aliphatic heterocycles. The molecule has 2 aliphatic rings. The van der Waals surface area contributed by atoms with Crippen molar-refractivity contribution in [2.45, 2.75) is 50.6 Å². The predicted octanol–water partition coefficient (Wildman–Crippen LogP) is 1.34. The zero-order valence-corrected chi connectivity index (χ0v) is 19.1. The van der Waals surface area contributed by atoms with Crippen LogP contribution in [-0.2, 0) is 20.7 Å². The van der Waals surface area contributed by atoms with Crippen molar-refractivity contribution < 1.29 is 28.8 Å². The van der Waals surface area contributed by atoms with Gasteiger partial charge < -0.3 is 30.3 Å². The predicted molar refractivity (Wildman–Crippen MR) is 121 cm³/mol. The highest BCUT2D eigenvalue weighted by Crippen LogP contribution is 2.40. The quantitative estimate of drug-likeness (QED) is 0.490. The molecule has 2 aromatic rings. The molecule has 2 heterocycles. The minimum absolute atomic E-state index is 0.131. The van der Waals surface area contributed by atoms with Crippen LogP contribution in [0.3, 0.4) is 0 Å². The molecule has 4 rings (SSSR count). The standard InChI is InChI=1S/C24H30N4O6/c1-2-33-24(32)16-10-17(26-22(30)20-11-21(34-27-20)15-5-6-15)13-28(12-16)23(31)19(25)9-14-3-7-18(29)8-4-14/h3-4,7-8,11,15-17,19,29H,2,5-6,9-10,12-13,25H2,1H3,(H,26,30)/t16?,17?,19-/m0/s1. The van der Waals surface area contributed by atoms with E-state index in [2.05, 4.69) is 10.5 Å². The number of rotatable bonds is 8. The number of nitrogens with one attached hydrogen (secondary N) is 1. The number of ether oxygens (including phenoxy) is 1. The fourth-order valence-electron chi connectivity index (χ4n) is 4.24. The molecule has 34 heavy (non-hydrogen) atoms. The summed E-state index contributed by atoms with van der Waals surface area (Å²) in [5.41, 5.74) is 7.18. The van der Waals surface area contributed by atoms with E-state index in [0.717, 1.165) is 18.4 Å². The van der Waals surface area contributed by atoms with Gasteiger partial charge in [0.25, 0.3) is 5.91 Å². The zero-order chi connectivity index (χ0) is 24.2. The largest absolute Gasteiger partial charge is 0.508 e. The van der Waals surface area contributed by atoms with Gasteiger partial charge in [-0.05, 0) is 50.3 Å². The van der Waals surface area contributed by atoms with Crippen molar-refractivity contribution in [3.05, 3.63) is 47.3 Å². The Hall–Kier alpha value is -3.40. The lowest BCUT2D eigenvalue weighted by Crippen LogP contribution is -2.57. The molecular formula is C24H30N4O6. The SMILES string of the molecule is CCOC(=O)C1CC(NC(=O)c2cc(C3CC3)on2)CN(C(=O)[C@@H](N)Cc2ccc(O)cc2)C1. The van der Waals surface area contributed by atoms with E-state index in [-0.39, 0.29) is 43.5 Å². The molecule has 0 radical (unpaired) electrons. The van der Waals surface area contributed by atoms with E-state index in [1.165, 1.54) is 17.0 Å². The van der Waals surface area contributed by atoms with Crippen molar-refractivity contribution in [1.82, 2.24) is 15.4 Å². The van der Waals surface area contributed by atoms with Gasteiger partial charge in [0.15, 0.2) is 5.69 Å². The van der Waals surface area contributed by atoms with Gasteiger partial charge in [0.1, 0.15) is 11.5 Å². The minimum Gasteiger partial charge on any atom is -0.508 e. The fourth-order valence-corrected chi connectivity index (χ4v) is 4.24. The number of likely N-dealkylation sites (tertiary alicyclic amines) is 1. The molecule has 1 aromatic carbocycles. The number of nitrogens with zero attached hydrogens (tertiary/aromatic N) is 2. The van der Waals surface area contributed by atoms with Crippen LogP contribution in [0, 0.1) is 5.92 Å². The molecular weight excluding hydrogens is 440 g/mol. The molecule has 4 N–H and O–H groups in total. The van der Waals surface area contributed by atoms with Crippen molar-refractivity contribution in [2.24, 2.45) is 11.7 Å². The van der Waals surface area contributed by atoms with E-state index in [4.69, 9.17) is 15.0 Å². The topological polar surface area (TPSA) is 148 Å². The molecule has 0 spiro atoms. The van der Waals surface area contributed by atoms with Crippen LogP contribution in [-0.4, -0.2) is 64.7 Å². The number of hydrogen-bond donors (Lipinski definition) is 3. The summed E-state index contributed by atoms with van der Waals surface area (Å²) >= 11 is 0. The molecule has 0 bridgehead atoms. The Bertz CT molecular complexity index is 1030. The lowest BCUT2D eigenvalue weighted by atomic mass is 9.93. The maximum absolute atomic E-state index is 13.1. The molecule has 10 heteroatoms. The Labute approximate surface area is 197 Å². The molecule has 1 aromatic heterocycles. The number of aromatic hydroxyl groups is 1. The fraction of sp³-hybridized carbons (Fsp3) is 0.500. The monoisotopic (exact) mass is 470 g/mol. The smallest absolute Gasteiger partial charge is 0.310 e. The third kappa shape index (κ3) is 5.74. The molecule has 3 atom stereocenters. The Morgan fingerprint density at radius 1 is 1.26 bits per heavy atom. The van der Waals surface area contributed by atoms with Crippen LogP contribution in [0.25, 0.3) is 0 Å². The van der Waals surface area contributed by atoms with E-state index < -0.39 is 29.9 Å². The summed E-state index contributed by atoms with van der Waals surface area (Å²) in [5.74, 6) is -0.557. The average molecular weight is 471 g/mol. The zero-order valence-electron chi connectivity index (χ0n) is 19.1. The lowest BCUT2D eigenvalue weighted by molar-refractivity contribution is -0.152. The Kier molecular flexibility index (Phi) is 7.16. The summed E-state index contributed by atoms with van der Waals surface area (Å²) in [4.78, 5) is 39.9. The lowest BCUT2D eigenvalue weighted by Gasteiger charge is -2.38. The van der Waals surface area contributed by atoms with Crippen LogP contribution < -0.4 is 11.1 Å². The third-order valence-electron chi connectivity index (χ3n) is 6.17. The van der Waals surface area contributed by atoms with Gasteiger partial charge in [-0.3, -0.25) is 14.4 Å². The normalized spacial score (nSPS) is 21.1. The van der Waals surface area contributed by atoms with Crippen molar-refractivity contribution in [2.75, 3.05) is 19.7 Å². The summed E-state index contributed by atoms with van der Waals surface area (Å²) in [6.45, 7) is 2.34. The first-order valence-electron chi connectivity index (χ1n) is 11.6. The molecule has 2 fully saturated rings. The van der Waals surface area contributed by atoms with E-state index in [1.807, 2.05) is 0 Å². The second-order valence-corrected chi connectivity index (χ2v) is 8.96. The van der Waals surface area contributed by atoms with Crippen LogP contribution in [0.1, 0.15) is 53.9 Å². The van der Waals surface area contributed by atoms with Gasteiger partial charge in [-0.2, -0.15) is 0 Å². The second kappa shape index (κ2) is 10.3. The highest BCUT2D eigenvalue weighted by atomic mass is 16.5. The number of phenolic OH excluding ortho intramolecular Hbond substituents is 1. The van der Waals surface area contributed by atoms with Crippen LogP contribution in [0.4, 0.5) is 0 Å². The highest BCUT2D eigenvalue weighted by molar-refractivity contribution is 5.92. The first-order valence-corrected chi connectivity index (χ1v) is 11.6. The van der Waals surface area contributed by atoms with Crippen molar-refractivity contribution in [1.29, 1.82) is 0 Å². The number of nitrogens with two attached hydrogens (primary N) is 1. The van der Waals surface area contributed by atoms with E-state index in [9.17, 15) is 19.5 Å². The number of carbonyl (C=O) groups is 3. The number of hydrogen-bond acceptors (Lipinski definition) is 8. The van der Waals surface area contributed by atoms with E-state index in [0.29, 0.717) is 18.1 Å². The van der Waals surface area contributed by atoms with Gasteiger partial charge in [0.05, 0.1) is 18.6 Å². The maximum Gasteiger partial charge on any atom is 0.310 e. The van der Waals surface area contributed by atoms with Gasteiger partial charge in [-0.25, -0.2) is 0 Å². The van der Waals surface area contributed by atoms with E-state index in [1.54, 1.807) is 25.1 Å². The van der Waals surface area contributed by atoms with Crippen LogP contribution in [0.5, 0.6) is 5.75 Å². The van der Waals surface area contributed by atoms with Crippen molar-refractivity contribution in [3.8, 4) is 5.75 Å². The molecule has 182 valence electrons. The number of aromatic nitrogens is 1. The van der Waals surface area contributed by atoms with Gasteiger partial charge in [0, 0.05) is 31.1 Å². The number of phenols is 1. The molecule has 1 saturated heterocycles. The third-order valence-corrected chi connectivity index (χ3v) is 6.17. The summed E-state index contributed by atoms with van der Waals surface area (Å²) in [5, 5.41) is 16.2. The first-order chi connectivity index (χ1) is 16.3. The van der Waals surface area contributed by atoms with Gasteiger partial charge in [-0.1, -0.05) is 17.3 Å². The maximum atomic E-state index is 13.1. The Morgan fingerprint density at radius 3 is 2.68 bits per heavy atom. The van der Waals surface area contributed by atoms with Gasteiger partial charge >= 0.3 is 5.97 Å². The molecule has 2 amide bonds. The minimum atomic E-state index is -0.835. The second-order valence-electron chi connectivity index (χ2n) is 8.96. The van der Waals surface area contributed by atoms with Gasteiger partial charge in [0.2, 0.25) is 5.91 Å². The van der Waals surface area contributed by atoms with Crippen molar-refractivity contribution in [3.63, 3.8) is 0 Å². The van der Waals surface area contributed by atoms with Crippen LogP contribution >= 0.6 is 0 Å². The number of amides is 2. The van der Waals surface area contributed by atoms with E-state index >= 15 is 0 Å². The van der Waals surface area contributed by atoms with Gasteiger partial charge in [-0.15, -0.1) is 0 Å². The van der Waals surface area contributed by atoms with Crippen LogP contribution in [0.15, 0.2) is 34.9 Å². The molecule has 10 nitrogen and oxygen atoms in total. The van der Waals surface area contributed by atoms with Crippen LogP contribution in [0.2, 0.25) is 0 Å². The summed E-state index contributed by atoms with van der Waals surface area (Å²) in [6, 6.07) is 6.83. The Balaban J connectivity index is 1.43. The molecule has 2 unspecified atom stereocenters. The Morgan fingerprint density at radius 2 is 2.00 bits per heavy atom. The first kappa shape index (κ1) is 23.7. The number of benzene rings is 1. The molecule has 1 saturated carbocycles.